The van der Waals surface area contributed by atoms with Gasteiger partial charge >= 0.3 is 5.97 Å². The first-order valence-corrected chi connectivity index (χ1v) is 11.6. The second kappa shape index (κ2) is 9.60. The number of aliphatic imine (C=N–C) groups is 1. The van der Waals surface area contributed by atoms with Gasteiger partial charge in [-0.15, -0.1) is 0 Å². The summed E-state index contributed by atoms with van der Waals surface area (Å²) in [5, 5.41) is 4.21. The first-order chi connectivity index (χ1) is 17.0. The number of nitrogens with one attached hydrogen (secondary N) is 1. The van der Waals surface area contributed by atoms with Gasteiger partial charge in [0.15, 0.2) is 5.17 Å². The number of aromatic nitrogens is 1. The molecule has 6 nitrogen and oxygen atoms in total. The first kappa shape index (κ1) is 22.6. The van der Waals surface area contributed by atoms with Crippen LogP contribution in [0.15, 0.2) is 88.9 Å². The van der Waals surface area contributed by atoms with E-state index in [9.17, 15) is 14.0 Å². The Labute approximate surface area is 205 Å². The lowest BCUT2D eigenvalue weighted by molar-refractivity contribution is -0.115. The number of carbonyl (C=O) groups excluding carboxylic acids is 2. The molecule has 1 aliphatic rings. The Kier molecular flexibility index (Phi) is 6.20. The number of para-hydroxylation sites is 1. The zero-order valence-electron chi connectivity index (χ0n) is 18.7. The standard InChI is InChI=1S/C27H20FN3O3S/c1-34-26(33)18-6-4-5-17(13-18)15-31-16-19(22-7-2-3-8-23(22)31)14-24-25(32)30-27(35-24)29-21-11-9-20(28)10-12-21/h2-14,16H,15H2,1H3,(H,29,30,32). The zero-order valence-corrected chi connectivity index (χ0v) is 19.5. The Balaban J connectivity index is 1.45. The molecule has 3 aromatic carbocycles. The molecule has 0 aliphatic carbocycles. The zero-order chi connectivity index (χ0) is 24.4. The van der Waals surface area contributed by atoms with Crippen molar-refractivity contribution in [2.75, 3.05) is 7.11 Å². The van der Waals surface area contributed by atoms with E-state index in [-0.39, 0.29) is 17.7 Å². The molecular weight excluding hydrogens is 465 g/mol. The fourth-order valence-corrected chi connectivity index (χ4v) is 4.72. The van der Waals surface area contributed by atoms with Crippen LogP contribution in [-0.4, -0.2) is 28.7 Å². The summed E-state index contributed by atoms with van der Waals surface area (Å²) in [6, 6.07) is 21.0. The number of amidine groups is 1. The Morgan fingerprint density at radius 1 is 1.11 bits per heavy atom. The molecule has 0 bridgehead atoms. The summed E-state index contributed by atoms with van der Waals surface area (Å²) in [6.07, 6.45) is 3.84. The summed E-state index contributed by atoms with van der Waals surface area (Å²) in [4.78, 5) is 29.4. The van der Waals surface area contributed by atoms with Crippen LogP contribution in [0.1, 0.15) is 21.5 Å². The largest absolute Gasteiger partial charge is 0.465 e. The number of esters is 1. The Hall–Kier alpha value is -4.17. The van der Waals surface area contributed by atoms with Crippen LogP contribution in [0.25, 0.3) is 17.0 Å². The highest BCUT2D eigenvalue weighted by Gasteiger charge is 2.24. The van der Waals surface area contributed by atoms with Gasteiger partial charge in [0.1, 0.15) is 5.82 Å². The predicted octanol–water partition coefficient (Wildman–Crippen LogP) is 5.51. The van der Waals surface area contributed by atoms with Gasteiger partial charge in [-0.1, -0.05) is 30.3 Å². The third-order valence-corrected chi connectivity index (χ3v) is 6.43. The molecule has 8 heteroatoms. The fraction of sp³-hybridized carbons (Fsp3) is 0.0741. The van der Waals surface area contributed by atoms with Crippen molar-refractivity contribution in [3.05, 3.63) is 106 Å². The molecule has 0 saturated carbocycles. The molecule has 1 aliphatic heterocycles. The summed E-state index contributed by atoms with van der Waals surface area (Å²) in [5.74, 6) is -0.957. The van der Waals surface area contributed by atoms with Gasteiger partial charge in [-0.2, -0.15) is 0 Å². The molecule has 1 fully saturated rings. The topological polar surface area (TPSA) is 72.7 Å². The van der Waals surface area contributed by atoms with Crippen LogP contribution in [0.4, 0.5) is 10.1 Å². The number of carbonyl (C=O) groups is 2. The van der Waals surface area contributed by atoms with Crippen molar-refractivity contribution in [3.63, 3.8) is 0 Å². The third kappa shape index (κ3) is 4.88. The van der Waals surface area contributed by atoms with E-state index < -0.39 is 0 Å². The summed E-state index contributed by atoms with van der Waals surface area (Å²) in [6.45, 7) is 0.547. The molecule has 174 valence electrons. The van der Waals surface area contributed by atoms with Crippen molar-refractivity contribution >= 4 is 51.5 Å². The van der Waals surface area contributed by atoms with E-state index in [2.05, 4.69) is 14.9 Å². The quantitative estimate of drug-likeness (QED) is 0.299. The van der Waals surface area contributed by atoms with Crippen molar-refractivity contribution in [1.29, 1.82) is 0 Å². The Morgan fingerprint density at radius 3 is 2.71 bits per heavy atom. The number of nitrogens with zero attached hydrogens (tertiary/aromatic N) is 2. The summed E-state index contributed by atoms with van der Waals surface area (Å²) in [7, 11) is 1.36. The minimum atomic E-state index is -0.378. The van der Waals surface area contributed by atoms with E-state index >= 15 is 0 Å². The monoisotopic (exact) mass is 485 g/mol. The minimum absolute atomic E-state index is 0.238. The van der Waals surface area contributed by atoms with Crippen molar-refractivity contribution in [3.8, 4) is 0 Å². The molecule has 1 aromatic heterocycles. The van der Waals surface area contributed by atoms with Gasteiger partial charge in [0.2, 0.25) is 0 Å². The maximum absolute atomic E-state index is 13.2. The molecule has 0 spiro atoms. The van der Waals surface area contributed by atoms with Crippen molar-refractivity contribution < 1.29 is 18.7 Å². The van der Waals surface area contributed by atoms with E-state index in [4.69, 9.17) is 4.74 Å². The Bertz CT molecular complexity index is 1510. The lowest BCUT2D eigenvalue weighted by Gasteiger charge is -2.07. The highest BCUT2D eigenvalue weighted by atomic mass is 32.2. The maximum Gasteiger partial charge on any atom is 0.337 e. The Morgan fingerprint density at radius 2 is 1.91 bits per heavy atom. The van der Waals surface area contributed by atoms with Crippen LogP contribution in [-0.2, 0) is 16.1 Å². The number of fused-ring (bicyclic) bond motifs is 1. The summed E-state index contributed by atoms with van der Waals surface area (Å²) < 4.78 is 20.1. The number of methoxy groups -OCH3 is 1. The number of benzene rings is 3. The van der Waals surface area contributed by atoms with Gasteiger partial charge in [-0.3, -0.25) is 4.79 Å². The van der Waals surface area contributed by atoms with Crippen molar-refractivity contribution in [2.24, 2.45) is 4.99 Å². The highest BCUT2D eigenvalue weighted by molar-refractivity contribution is 8.18. The molecule has 1 N–H and O–H groups in total. The average molecular weight is 486 g/mol. The van der Waals surface area contributed by atoms with Crippen LogP contribution in [0.3, 0.4) is 0 Å². The number of thioether (sulfide) groups is 1. The fourth-order valence-electron chi connectivity index (χ4n) is 3.89. The van der Waals surface area contributed by atoms with Crippen LogP contribution < -0.4 is 5.32 Å². The van der Waals surface area contributed by atoms with Gasteiger partial charge in [-0.05, 0) is 65.9 Å². The molecule has 0 radical (unpaired) electrons. The molecule has 2 heterocycles. The molecule has 35 heavy (non-hydrogen) atoms. The number of hydrogen-bond donors (Lipinski definition) is 1. The third-order valence-electron chi connectivity index (χ3n) is 5.52. The number of halogens is 1. The van der Waals surface area contributed by atoms with Gasteiger partial charge in [-0.25, -0.2) is 14.2 Å². The predicted molar refractivity (Wildman–Crippen MR) is 136 cm³/mol. The number of ether oxygens (including phenoxy) is 1. The first-order valence-electron chi connectivity index (χ1n) is 10.8. The normalized spacial score (nSPS) is 15.7. The molecule has 0 unspecified atom stereocenters. The number of amides is 1. The van der Waals surface area contributed by atoms with E-state index in [1.165, 1.54) is 31.0 Å². The molecule has 5 rings (SSSR count). The van der Waals surface area contributed by atoms with Crippen LogP contribution in [0.5, 0.6) is 0 Å². The van der Waals surface area contributed by atoms with Crippen molar-refractivity contribution in [1.82, 2.24) is 9.88 Å². The van der Waals surface area contributed by atoms with E-state index in [0.717, 1.165) is 22.0 Å². The van der Waals surface area contributed by atoms with Gasteiger partial charge in [0.25, 0.3) is 5.91 Å². The lowest BCUT2D eigenvalue weighted by Crippen LogP contribution is -2.19. The van der Waals surface area contributed by atoms with Crippen LogP contribution >= 0.6 is 11.8 Å². The van der Waals surface area contributed by atoms with E-state index in [0.29, 0.717) is 27.9 Å². The van der Waals surface area contributed by atoms with Crippen LogP contribution in [0.2, 0.25) is 0 Å². The van der Waals surface area contributed by atoms with Crippen LogP contribution in [0, 0.1) is 5.82 Å². The number of rotatable bonds is 5. The lowest BCUT2D eigenvalue weighted by atomic mass is 10.1. The van der Waals surface area contributed by atoms with E-state index in [1.807, 2.05) is 54.7 Å². The smallest absolute Gasteiger partial charge is 0.337 e. The maximum atomic E-state index is 13.2. The minimum Gasteiger partial charge on any atom is -0.465 e. The average Bonchev–Trinajstić information content (AvgIpc) is 3.39. The van der Waals surface area contributed by atoms with Gasteiger partial charge in [0, 0.05) is 29.2 Å². The second-order valence-corrected chi connectivity index (χ2v) is 8.91. The molecular formula is C27H20FN3O3S. The summed E-state index contributed by atoms with van der Waals surface area (Å²) >= 11 is 1.24. The van der Waals surface area contributed by atoms with E-state index in [1.54, 1.807) is 18.2 Å². The van der Waals surface area contributed by atoms with Gasteiger partial charge in [0.05, 0.1) is 23.3 Å². The van der Waals surface area contributed by atoms with Crippen molar-refractivity contribution in [2.45, 2.75) is 6.54 Å². The molecule has 1 saturated heterocycles. The highest BCUT2D eigenvalue weighted by Crippen LogP contribution is 2.31. The SMILES string of the molecule is COC(=O)c1cccc(Cn2cc(C=C3SC(=Nc4ccc(F)cc4)NC3=O)c3ccccc32)c1. The second-order valence-electron chi connectivity index (χ2n) is 7.88. The molecule has 0 atom stereocenters. The van der Waals surface area contributed by atoms with Gasteiger partial charge < -0.3 is 14.6 Å². The molecule has 1 amide bonds. The summed E-state index contributed by atoms with van der Waals surface area (Å²) in [5.41, 5.74) is 3.91. The molecule has 4 aromatic rings. The number of hydrogen-bond acceptors (Lipinski definition) is 5.